The third-order valence-electron chi connectivity index (χ3n) is 3.90. The maximum Gasteiger partial charge on any atom is 0.150 e. The highest BCUT2D eigenvalue weighted by Gasteiger charge is 2.47. The fraction of sp³-hybridized carbons (Fsp3) is 0.900. The zero-order valence-electron chi connectivity index (χ0n) is 7.33. The largest absolute Gasteiger partial charge is 0.298 e. The van der Waals surface area contributed by atoms with Crippen LogP contribution in [0.3, 0.4) is 0 Å². The van der Waals surface area contributed by atoms with Gasteiger partial charge in [-0.2, -0.15) is 0 Å². The molecule has 2 heteroatoms. The summed E-state index contributed by atoms with van der Waals surface area (Å²) in [6.07, 6.45) is 3.99. The molecule has 3 heterocycles. The van der Waals surface area contributed by atoms with E-state index in [1.165, 1.54) is 32.4 Å². The first-order valence-electron chi connectivity index (χ1n) is 5.09. The number of piperidine rings is 3. The Morgan fingerprint density at radius 2 is 1.83 bits per heavy atom. The average molecular weight is 165 g/mol. The van der Waals surface area contributed by atoms with Gasteiger partial charge in [0.25, 0.3) is 0 Å². The summed E-state index contributed by atoms with van der Waals surface area (Å²) in [5.74, 6) is 2.49. The van der Waals surface area contributed by atoms with Crippen LogP contribution in [-0.2, 0) is 4.79 Å². The first kappa shape index (κ1) is 7.07. The molecule has 0 aromatic heterocycles. The van der Waals surface area contributed by atoms with Gasteiger partial charge in [-0.05, 0) is 24.7 Å². The molecular formula is C10H15NO. The molecule has 0 aromatic carbocycles. The van der Waals surface area contributed by atoms with Gasteiger partial charge in [-0.25, -0.2) is 0 Å². The summed E-state index contributed by atoms with van der Waals surface area (Å²) in [5, 5.41) is 0. The van der Waals surface area contributed by atoms with Crippen LogP contribution in [0.2, 0.25) is 0 Å². The monoisotopic (exact) mass is 165 g/mol. The lowest BCUT2D eigenvalue weighted by molar-refractivity contribution is -0.142. The molecule has 0 radical (unpaired) electrons. The number of rotatable bonds is 0. The van der Waals surface area contributed by atoms with Crippen LogP contribution in [0, 0.1) is 17.8 Å². The van der Waals surface area contributed by atoms with Crippen molar-refractivity contribution in [2.24, 2.45) is 17.8 Å². The third kappa shape index (κ3) is 0.817. The van der Waals surface area contributed by atoms with Gasteiger partial charge in [-0.1, -0.05) is 6.42 Å². The summed E-state index contributed by atoms with van der Waals surface area (Å²) < 4.78 is 0. The van der Waals surface area contributed by atoms with Crippen molar-refractivity contribution in [2.75, 3.05) is 19.6 Å². The average Bonchev–Trinajstić information content (AvgIpc) is 2.02. The van der Waals surface area contributed by atoms with Gasteiger partial charge in [0.1, 0.15) is 0 Å². The van der Waals surface area contributed by atoms with E-state index < -0.39 is 0 Å². The fourth-order valence-corrected chi connectivity index (χ4v) is 3.51. The number of Topliss-reactive ketones (excluding diaryl/α,β-unsaturated/α-hetero) is 1. The topological polar surface area (TPSA) is 20.3 Å². The van der Waals surface area contributed by atoms with Gasteiger partial charge < -0.3 is 0 Å². The van der Waals surface area contributed by atoms with Crippen molar-refractivity contribution in [1.82, 2.24) is 4.90 Å². The first-order valence-corrected chi connectivity index (χ1v) is 5.09. The third-order valence-corrected chi connectivity index (χ3v) is 3.90. The number of nitrogens with zero attached hydrogens (tertiary/aromatic N) is 1. The molecule has 0 aromatic rings. The number of fused-ring (bicyclic) bond motifs is 1. The van der Waals surface area contributed by atoms with Gasteiger partial charge in [0.05, 0.1) is 6.54 Å². The highest BCUT2D eigenvalue weighted by Crippen LogP contribution is 2.43. The maximum absolute atomic E-state index is 11.6. The van der Waals surface area contributed by atoms with E-state index in [1.807, 2.05) is 0 Å². The molecule has 66 valence electrons. The van der Waals surface area contributed by atoms with E-state index in [0.717, 1.165) is 18.4 Å². The summed E-state index contributed by atoms with van der Waals surface area (Å²) in [4.78, 5) is 14.0. The van der Waals surface area contributed by atoms with Crippen LogP contribution in [-0.4, -0.2) is 30.3 Å². The zero-order valence-corrected chi connectivity index (χ0v) is 7.33. The van der Waals surface area contributed by atoms with Crippen LogP contribution in [0.1, 0.15) is 19.3 Å². The number of carbonyl (C=O) groups excluding carboxylic acids is 1. The van der Waals surface area contributed by atoms with Crippen LogP contribution in [0.25, 0.3) is 0 Å². The predicted octanol–water partition coefficient (Wildman–Crippen LogP) is 0.917. The van der Waals surface area contributed by atoms with Crippen molar-refractivity contribution in [3.8, 4) is 0 Å². The van der Waals surface area contributed by atoms with Gasteiger partial charge >= 0.3 is 0 Å². The number of carbonyl (C=O) groups is 1. The lowest BCUT2D eigenvalue weighted by Crippen LogP contribution is -2.59. The van der Waals surface area contributed by atoms with Gasteiger partial charge in [0, 0.05) is 19.0 Å². The maximum atomic E-state index is 11.6. The molecular weight excluding hydrogens is 150 g/mol. The summed E-state index contributed by atoms with van der Waals surface area (Å²) in [7, 11) is 0. The number of ketones is 1. The summed E-state index contributed by atoms with van der Waals surface area (Å²) >= 11 is 0. The van der Waals surface area contributed by atoms with Crippen molar-refractivity contribution in [3.63, 3.8) is 0 Å². The van der Waals surface area contributed by atoms with Crippen molar-refractivity contribution in [1.29, 1.82) is 0 Å². The number of hydrogen-bond donors (Lipinski definition) is 0. The van der Waals surface area contributed by atoms with Crippen LogP contribution in [0.4, 0.5) is 0 Å². The van der Waals surface area contributed by atoms with Gasteiger partial charge in [-0.15, -0.1) is 0 Å². The van der Waals surface area contributed by atoms with E-state index in [4.69, 9.17) is 0 Å². The minimum atomic E-state index is 0.476. The molecule has 4 aliphatic rings. The van der Waals surface area contributed by atoms with E-state index in [9.17, 15) is 4.79 Å². The van der Waals surface area contributed by atoms with Gasteiger partial charge in [0.15, 0.2) is 5.78 Å². The lowest BCUT2D eigenvalue weighted by atomic mass is 9.64. The molecule has 2 atom stereocenters. The van der Waals surface area contributed by atoms with Crippen molar-refractivity contribution in [3.05, 3.63) is 0 Å². The van der Waals surface area contributed by atoms with Crippen LogP contribution in [0.5, 0.6) is 0 Å². The van der Waals surface area contributed by atoms with E-state index in [1.54, 1.807) is 0 Å². The Bertz CT molecular complexity index is 212. The van der Waals surface area contributed by atoms with Crippen LogP contribution >= 0.6 is 0 Å². The lowest BCUT2D eigenvalue weighted by Gasteiger charge is -2.51. The SMILES string of the molecule is O=C1CN2CC3CCCC(C2)C13. The zero-order chi connectivity index (χ0) is 8.13. The molecule has 2 unspecified atom stereocenters. The van der Waals surface area contributed by atoms with Crippen LogP contribution < -0.4 is 0 Å². The molecule has 2 nitrogen and oxygen atoms in total. The number of hydrogen-bond acceptors (Lipinski definition) is 2. The Balaban J connectivity index is 1.95. The Morgan fingerprint density at radius 1 is 1.17 bits per heavy atom. The molecule has 0 N–H and O–H groups in total. The summed E-state index contributed by atoms with van der Waals surface area (Å²) in [5.41, 5.74) is 0. The highest BCUT2D eigenvalue weighted by molar-refractivity contribution is 5.85. The second-order valence-corrected chi connectivity index (χ2v) is 4.64. The second kappa shape index (κ2) is 2.32. The Morgan fingerprint density at radius 3 is 2.33 bits per heavy atom. The Kier molecular flexibility index (Phi) is 1.37. The standard InChI is InChI=1S/C10H15NO/c12-9-6-11-4-7-2-1-3-8(5-11)10(7)9/h7-8,10H,1-6H2. The molecule has 4 rings (SSSR count). The molecule has 3 saturated heterocycles. The Labute approximate surface area is 72.9 Å². The smallest absolute Gasteiger partial charge is 0.150 e. The van der Waals surface area contributed by atoms with E-state index in [0.29, 0.717) is 11.7 Å². The quantitative estimate of drug-likeness (QED) is 0.532. The summed E-state index contributed by atoms with van der Waals surface area (Å²) in [6.45, 7) is 3.19. The van der Waals surface area contributed by atoms with E-state index >= 15 is 0 Å². The van der Waals surface area contributed by atoms with E-state index in [-0.39, 0.29) is 0 Å². The minimum Gasteiger partial charge on any atom is -0.298 e. The molecule has 1 aliphatic carbocycles. The molecule has 0 spiro atoms. The van der Waals surface area contributed by atoms with Gasteiger partial charge in [-0.3, -0.25) is 9.69 Å². The van der Waals surface area contributed by atoms with Crippen LogP contribution in [0.15, 0.2) is 0 Å². The van der Waals surface area contributed by atoms with Gasteiger partial charge in [0.2, 0.25) is 0 Å². The molecule has 4 bridgehead atoms. The van der Waals surface area contributed by atoms with Crippen molar-refractivity contribution < 1.29 is 4.79 Å². The molecule has 1 saturated carbocycles. The molecule has 0 amide bonds. The summed E-state index contributed by atoms with van der Waals surface area (Å²) in [6, 6.07) is 0. The normalized spacial score (nSPS) is 51.2. The molecule has 3 aliphatic heterocycles. The molecule has 4 fully saturated rings. The first-order chi connectivity index (χ1) is 5.84. The predicted molar refractivity (Wildman–Crippen MR) is 45.8 cm³/mol. The van der Waals surface area contributed by atoms with Crippen molar-refractivity contribution >= 4 is 5.78 Å². The van der Waals surface area contributed by atoms with E-state index in [2.05, 4.69) is 4.90 Å². The minimum absolute atomic E-state index is 0.476. The highest BCUT2D eigenvalue weighted by atomic mass is 16.1. The fourth-order valence-electron chi connectivity index (χ4n) is 3.51. The van der Waals surface area contributed by atoms with Crippen molar-refractivity contribution in [2.45, 2.75) is 19.3 Å². The Hall–Kier alpha value is -0.370. The second-order valence-electron chi connectivity index (χ2n) is 4.64. The molecule has 12 heavy (non-hydrogen) atoms.